The van der Waals surface area contributed by atoms with Crippen LogP contribution in [0.4, 0.5) is 0 Å². The molecule has 0 unspecified atom stereocenters. The van der Waals surface area contributed by atoms with Crippen molar-refractivity contribution >= 4 is 10.1 Å². The van der Waals surface area contributed by atoms with Crippen LogP contribution in [0.1, 0.15) is 14.3 Å². The topological polar surface area (TPSA) is 74.6 Å². The Kier molecular flexibility index (Phi) is 3.76. The van der Waals surface area contributed by atoms with Crippen molar-refractivity contribution in [2.75, 3.05) is 12.4 Å². The Labute approximate surface area is 55.7 Å². The molecule has 0 saturated heterocycles. The molecule has 9 heavy (non-hydrogen) atoms. The van der Waals surface area contributed by atoms with Crippen LogP contribution >= 0.6 is 0 Å². The number of hydrogen-bond donors (Lipinski definition) is 2. The van der Waals surface area contributed by atoms with Crippen LogP contribution in [0.3, 0.4) is 0 Å². The zero-order valence-electron chi connectivity index (χ0n) is 5.95. The van der Waals surface area contributed by atoms with Gasteiger partial charge in [0.25, 0.3) is 10.1 Å². The predicted octanol–water partition coefficient (Wildman–Crippen LogP) is -0.241. The predicted molar refractivity (Wildman–Crippen MR) is 33.8 cm³/mol. The number of aliphatic hydroxyl groups is 1. The number of unbranched alkanes of at least 4 members (excludes halogenated alkanes) is 1. The van der Waals surface area contributed by atoms with Gasteiger partial charge in [-0.2, -0.15) is 8.42 Å². The Morgan fingerprint density at radius 1 is 1.33 bits per heavy atom. The zero-order valence-corrected chi connectivity index (χ0v) is 5.76. The Morgan fingerprint density at radius 2 is 1.89 bits per heavy atom. The molecule has 0 aromatic heterocycles. The second-order valence-corrected chi connectivity index (χ2v) is 3.29. The molecule has 0 aromatic carbocycles. The smallest absolute Gasteiger partial charge is 0.396 e. The molecule has 56 valence electrons. The minimum atomic E-state index is -3.81. The molecule has 0 fully saturated rings. The van der Waals surface area contributed by atoms with Gasteiger partial charge in [-0.1, -0.05) is 0 Å². The summed E-state index contributed by atoms with van der Waals surface area (Å²) in [5, 5.41) is 8.19. The van der Waals surface area contributed by atoms with Crippen LogP contribution < -0.4 is 0 Å². The van der Waals surface area contributed by atoms with Gasteiger partial charge < -0.3 is 5.11 Å². The molecule has 0 atom stereocenters. The van der Waals surface area contributed by atoms with Crippen molar-refractivity contribution in [3.8, 4) is 0 Å². The lowest BCUT2D eigenvalue weighted by Gasteiger charge is -1.92. The minimum absolute atomic E-state index is 0. The monoisotopic (exact) mass is 155 g/mol. The highest BCUT2D eigenvalue weighted by molar-refractivity contribution is 7.85. The molecule has 0 aliphatic rings. The quantitative estimate of drug-likeness (QED) is 0.434. The highest BCUT2D eigenvalue weighted by Crippen LogP contribution is 1.91. The highest BCUT2D eigenvalue weighted by atomic mass is 32.2. The van der Waals surface area contributed by atoms with E-state index in [1.54, 1.807) is 0 Å². The fourth-order valence-corrected chi connectivity index (χ4v) is 0.965. The van der Waals surface area contributed by atoms with E-state index in [2.05, 4.69) is 0 Å². The van der Waals surface area contributed by atoms with Crippen LogP contribution in [0.15, 0.2) is 0 Å². The molecule has 0 saturated carbocycles. The van der Waals surface area contributed by atoms with Crippen molar-refractivity contribution in [1.82, 2.24) is 0 Å². The van der Waals surface area contributed by atoms with Crippen LogP contribution in [0.5, 0.6) is 0 Å². The maximum Gasteiger partial charge on any atom is 1.00 e. The van der Waals surface area contributed by atoms with Crippen molar-refractivity contribution in [3.05, 3.63) is 0 Å². The van der Waals surface area contributed by atoms with Gasteiger partial charge in [-0.3, -0.25) is 4.55 Å². The third-order valence-corrected chi connectivity index (χ3v) is 1.61. The van der Waals surface area contributed by atoms with Gasteiger partial charge in [0.05, 0.1) is 5.75 Å². The number of hydrogen-bond acceptors (Lipinski definition) is 3. The van der Waals surface area contributed by atoms with Crippen molar-refractivity contribution in [3.63, 3.8) is 0 Å². The third-order valence-electron chi connectivity index (χ3n) is 0.810. The van der Waals surface area contributed by atoms with E-state index in [-0.39, 0.29) is 13.8 Å². The van der Waals surface area contributed by atoms with E-state index in [4.69, 9.17) is 9.66 Å². The fraction of sp³-hybridized carbons (Fsp3) is 1.00. The largest absolute Gasteiger partial charge is 1.00 e. The summed E-state index contributed by atoms with van der Waals surface area (Å²) in [7, 11) is -3.81. The third kappa shape index (κ3) is 7.87. The van der Waals surface area contributed by atoms with E-state index in [0.717, 1.165) is 0 Å². The standard InChI is InChI=1S/C4H10O4S/c5-3-1-2-4-9(6,7)8/h5H,1-4H2,(H,6,7,8)/p+1. The number of rotatable bonds is 4. The molecule has 0 rings (SSSR count). The molecule has 0 radical (unpaired) electrons. The molecule has 0 spiro atoms. The molecule has 5 heteroatoms. The molecule has 2 N–H and O–H groups in total. The Hall–Kier alpha value is -0.130. The SMILES string of the molecule is O=S(=O)(O)CCCCO.[H+]. The van der Waals surface area contributed by atoms with Gasteiger partial charge in [0.2, 0.25) is 0 Å². The van der Waals surface area contributed by atoms with Crippen LogP contribution in [0.25, 0.3) is 0 Å². The molecular weight excluding hydrogens is 144 g/mol. The summed E-state index contributed by atoms with van der Waals surface area (Å²) in [6.45, 7) is -0.0322. The Morgan fingerprint density at radius 3 is 2.22 bits per heavy atom. The van der Waals surface area contributed by atoms with Gasteiger partial charge in [-0.25, -0.2) is 0 Å². The zero-order chi connectivity index (χ0) is 7.33. The summed E-state index contributed by atoms with van der Waals surface area (Å²) in [5.41, 5.74) is 0. The van der Waals surface area contributed by atoms with Gasteiger partial charge in [0.15, 0.2) is 0 Å². The summed E-state index contributed by atoms with van der Waals surface area (Å²) in [4.78, 5) is 0. The van der Waals surface area contributed by atoms with Crippen LogP contribution in [-0.2, 0) is 10.1 Å². The summed E-state index contributed by atoms with van der Waals surface area (Å²) < 4.78 is 28.1. The molecule has 0 amide bonds. The van der Waals surface area contributed by atoms with Crippen molar-refractivity contribution < 1.29 is 19.5 Å². The summed E-state index contributed by atoms with van der Waals surface area (Å²) in [6, 6.07) is 0. The van der Waals surface area contributed by atoms with Gasteiger partial charge in [-0.05, 0) is 12.8 Å². The first-order valence-electron chi connectivity index (χ1n) is 2.62. The molecular formula is C4H11O4S+. The number of aliphatic hydroxyl groups excluding tert-OH is 1. The van der Waals surface area contributed by atoms with E-state index in [0.29, 0.717) is 12.8 Å². The van der Waals surface area contributed by atoms with Gasteiger partial charge in [-0.15, -0.1) is 0 Å². The lowest BCUT2D eigenvalue weighted by molar-refractivity contribution is 0.287. The summed E-state index contributed by atoms with van der Waals surface area (Å²) in [5.74, 6) is -0.256. The van der Waals surface area contributed by atoms with Crippen LogP contribution in [0.2, 0.25) is 0 Å². The maximum atomic E-state index is 9.98. The first-order chi connectivity index (χ1) is 4.06. The second-order valence-electron chi connectivity index (χ2n) is 1.72. The molecule has 0 aromatic rings. The van der Waals surface area contributed by atoms with E-state index >= 15 is 0 Å². The Balaban J connectivity index is 0. The van der Waals surface area contributed by atoms with Crippen molar-refractivity contribution in [2.24, 2.45) is 0 Å². The first kappa shape index (κ1) is 8.87. The van der Waals surface area contributed by atoms with E-state index in [1.165, 1.54) is 0 Å². The first-order valence-corrected chi connectivity index (χ1v) is 4.23. The molecule has 4 nitrogen and oxygen atoms in total. The molecule has 0 aliphatic carbocycles. The lowest BCUT2D eigenvalue weighted by Crippen LogP contribution is -2.03. The fourth-order valence-electron chi connectivity index (χ4n) is 0.396. The van der Waals surface area contributed by atoms with Gasteiger partial charge in [0.1, 0.15) is 0 Å². The molecule has 0 aliphatic heterocycles. The molecule has 0 heterocycles. The van der Waals surface area contributed by atoms with Crippen molar-refractivity contribution in [2.45, 2.75) is 12.8 Å². The average molecular weight is 155 g/mol. The van der Waals surface area contributed by atoms with Gasteiger partial charge in [0, 0.05) is 6.61 Å². The molecule has 0 bridgehead atoms. The average Bonchev–Trinajstić information content (AvgIpc) is 1.63. The summed E-state index contributed by atoms with van der Waals surface area (Å²) in [6.07, 6.45) is 0.731. The van der Waals surface area contributed by atoms with E-state index in [1.807, 2.05) is 0 Å². The van der Waals surface area contributed by atoms with Gasteiger partial charge >= 0.3 is 1.43 Å². The minimum Gasteiger partial charge on any atom is -0.396 e. The summed E-state index contributed by atoms with van der Waals surface area (Å²) >= 11 is 0. The highest BCUT2D eigenvalue weighted by Gasteiger charge is 2.01. The van der Waals surface area contributed by atoms with Crippen molar-refractivity contribution in [1.29, 1.82) is 0 Å². The lowest BCUT2D eigenvalue weighted by atomic mass is 10.4. The van der Waals surface area contributed by atoms with E-state index in [9.17, 15) is 8.42 Å². The maximum absolute atomic E-state index is 9.98. The van der Waals surface area contributed by atoms with E-state index < -0.39 is 10.1 Å². The Bertz CT molecular complexity index is 153. The second kappa shape index (κ2) is 3.81. The van der Waals surface area contributed by atoms with Crippen LogP contribution in [-0.4, -0.2) is 30.4 Å². The van der Waals surface area contributed by atoms with Crippen LogP contribution in [0, 0.1) is 0 Å². The normalized spacial score (nSPS) is 11.8.